The van der Waals surface area contributed by atoms with Gasteiger partial charge in [-0.2, -0.15) is 5.10 Å². The minimum atomic E-state index is -0.117. The van der Waals surface area contributed by atoms with Gasteiger partial charge in [0.05, 0.1) is 23.3 Å². The largest absolute Gasteiger partial charge is 0.368 e. The molecule has 0 saturated carbocycles. The number of rotatable bonds is 2. The van der Waals surface area contributed by atoms with Crippen molar-refractivity contribution in [1.82, 2.24) is 29.3 Å². The number of aryl methyl sites for hydroxylation is 1. The zero-order valence-corrected chi connectivity index (χ0v) is 15.8. The Morgan fingerprint density at radius 3 is 2.79 bits per heavy atom. The quantitative estimate of drug-likeness (QED) is 0.572. The molecule has 1 atom stereocenters. The van der Waals surface area contributed by atoms with Crippen LogP contribution in [-0.2, 0) is 0 Å². The highest BCUT2D eigenvalue weighted by Crippen LogP contribution is 2.19. The normalized spacial score (nSPS) is 17.5. The fourth-order valence-corrected chi connectivity index (χ4v) is 3.71. The van der Waals surface area contributed by atoms with E-state index in [9.17, 15) is 4.79 Å². The maximum atomic E-state index is 12.8. The molecule has 1 aliphatic heterocycles. The minimum Gasteiger partial charge on any atom is -0.368 e. The van der Waals surface area contributed by atoms with Gasteiger partial charge >= 0.3 is 0 Å². The smallest absolute Gasteiger partial charge is 0.258 e. The van der Waals surface area contributed by atoms with Crippen LogP contribution in [0.3, 0.4) is 0 Å². The van der Waals surface area contributed by atoms with E-state index in [4.69, 9.17) is 0 Å². The van der Waals surface area contributed by atoms with Crippen LogP contribution in [0.5, 0.6) is 0 Å². The second-order valence-corrected chi connectivity index (χ2v) is 7.30. The van der Waals surface area contributed by atoms with E-state index >= 15 is 0 Å². The van der Waals surface area contributed by atoms with Gasteiger partial charge in [-0.3, -0.25) is 9.20 Å². The molecule has 4 aromatic heterocycles. The Balaban J connectivity index is 1.56. The highest BCUT2D eigenvalue weighted by atomic mass is 16.1. The van der Waals surface area contributed by atoms with E-state index in [1.54, 1.807) is 8.92 Å². The molecule has 142 valence electrons. The average molecular weight is 375 g/mol. The molecule has 0 aliphatic carbocycles. The van der Waals surface area contributed by atoms with Gasteiger partial charge in [0.25, 0.3) is 5.56 Å². The van der Waals surface area contributed by atoms with Gasteiger partial charge in [0.2, 0.25) is 0 Å². The molecule has 0 bridgehead atoms. The first-order valence-corrected chi connectivity index (χ1v) is 9.42. The molecule has 5 heterocycles. The van der Waals surface area contributed by atoms with E-state index < -0.39 is 0 Å². The minimum absolute atomic E-state index is 0.117. The van der Waals surface area contributed by atoms with Crippen molar-refractivity contribution in [1.29, 1.82) is 0 Å². The molecular weight excluding hydrogens is 354 g/mol. The summed E-state index contributed by atoms with van der Waals surface area (Å²) in [6.45, 7) is 6.86. The third-order valence-electron chi connectivity index (χ3n) is 5.08. The van der Waals surface area contributed by atoms with E-state index in [1.807, 2.05) is 43.6 Å². The number of piperazine rings is 1. The van der Waals surface area contributed by atoms with Gasteiger partial charge in [-0.05, 0) is 38.1 Å². The molecule has 8 heteroatoms. The lowest BCUT2D eigenvalue weighted by Crippen LogP contribution is -2.49. The van der Waals surface area contributed by atoms with Crippen molar-refractivity contribution in [2.24, 2.45) is 0 Å². The second kappa shape index (κ2) is 6.42. The molecular formula is C20H21N7O. The molecule has 0 unspecified atom stereocenters. The molecule has 0 radical (unpaired) electrons. The summed E-state index contributed by atoms with van der Waals surface area (Å²) in [5.41, 5.74) is 4.39. The maximum Gasteiger partial charge on any atom is 0.258 e. The van der Waals surface area contributed by atoms with E-state index in [2.05, 4.69) is 32.2 Å². The molecule has 1 fully saturated rings. The van der Waals surface area contributed by atoms with Crippen molar-refractivity contribution in [2.45, 2.75) is 19.9 Å². The van der Waals surface area contributed by atoms with Crippen LogP contribution >= 0.6 is 0 Å². The second-order valence-electron chi connectivity index (χ2n) is 7.30. The number of aromatic nitrogens is 5. The van der Waals surface area contributed by atoms with Gasteiger partial charge in [0, 0.05) is 37.9 Å². The molecule has 0 amide bonds. The zero-order chi connectivity index (χ0) is 19.3. The summed E-state index contributed by atoms with van der Waals surface area (Å²) in [7, 11) is 0. The fourth-order valence-electron chi connectivity index (χ4n) is 3.71. The highest BCUT2D eigenvalue weighted by Gasteiger charge is 2.17. The van der Waals surface area contributed by atoms with Gasteiger partial charge in [0.1, 0.15) is 11.3 Å². The van der Waals surface area contributed by atoms with E-state index in [-0.39, 0.29) is 5.56 Å². The first-order chi connectivity index (χ1) is 13.6. The van der Waals surface area contributed by atoms with E-state index in [0.29, 0.717) is 23.1 Å². The summed E-state index contributed by atoms with van der Waals surface area (Å²) >= 11 is 0. The molecule has 0 spiro atoms. The maximum absolute atomic E-state index is 12.8. The van der Waals surface area contributed by atoms with Gasteiger partial charge in [-0.25, -0.2) is 14.5 Å². The average Bonchev–Trinajstić information content (AvgIpc) is 3.07. The van der Waals surface area contributed by atoms with Crippen molar-refractivity contribution in [3.05, 3.63) is 58.8 Å². The molecule has 28 heavy (non-hydrogen) atoms. The molecule has 5 rings (SSSR count). The Kier molecular flexibility index (Phi) is 3.87. The standard InChI is InChI=1S/C20H21N7O/c1-13-10-25(8-7-21-13)15-3-5-18-23-17(9-20(28)26(18)12-15)16-4-6-19-22-14(2)11-27(19)24-16/h3-6,9,11-13,21H,7-8,10H2,1-2H3/t13-/m0/s1. The van der Waals surface area contributed by atoms with Crippen LogP contribution in [0.2, 0.25) is 0 Å². The van der Waals surface area contributed by atoms with Crippen molar-refractivity contribution >= 4 is 17.0 Å². The SMILES string of the molecule is Cc1cn2nc(-c3cc(=O)n4cc(N5CCN[C@@H](C)C5)ccc4n3)ccc2n1. The third kappa shape index (κ3) is 2.91. The third-order valence-corrected chi connectivity index (χ3v) is 5.08. The van der Waals surface area contributed by atoms with Crippen molar-refractivity contribution in [3.8, 4) is 11.4 Å². The Hall–Kier alpha value is -3.26. The van der Waals surface area contributed by atoms with Crippen LogP contribution in [-0.4, -0.2) is 49.7 Å². The van der Waals surface area contributed by atoms with Crippen molar-refractivity contribution in [2.75, 3.05) is 24.5 Å². The first-order valence-electron chi connectivity index (χ1n) is 9.42. The van der Waals surface area contributed by atoms with Crippen molar-refractivity contribution in [3.63, 3.8) is 0 Å². The fraction of sp³-hybridized carbons (Fsp3) is 0.300. The van der Waals surface area contributed by atoms with E-state index in [1.165, 1.54) is 6.07 Å². The molecule has 8 nitrogen and oxygen atoms in total. The highest BCUT2D eigenvalue weighted by molar-refractivity contribution is 5.60. The molecule has 1 aliphatic rings. The monoisotopic (exact) mass is 375 g/mol. The van der Waals surface area contributed by atoms with Crippen LogP contribution in [0.15, 0.2) is 47.5 Å². The number of anilines is 1. The van der Waals surface area contributed by atoms with E-state index in [0.717, 1.165) is 36.7 Å². The number of hydrogen-bond donors (Lipinski definition) is 1. The molecule has 4 aromatic rings. The summed E-state index contributed by atoms with van der Waals surface area (Å²) in [6.07, 6.45) is 3.73. The summed E-state index contributed by atoms with van der Waals surface area (Å²) in [4.78, 5) is 24.1. The number of pyridine rings is 1. The predicted molar refractivity (Wildman–Crippen MR) is 108 cm³/mol. The summed E-state index contributed by atoms with van der Waals surface area (Å²) in [5.74, 6) is 0. The first kappa shape index (κ1) is 16.9. The Morgan fingerprint density at radius 1 is 1.07 bits per heavy atom. The Bertz CT molecular complexity index is 1240. The lowest BCUT2D eigenvalue weighted by molar-refractivity contribution is 0.484. The van der Waals surface area contributed by atoms with Crippen LogP contribution in [0.1, 0.15) is 12.6 Å². The predicted octanol–water partition coefficient (Wildman–Crippen LogP) is 1.51. The van der Waals surface area contributed by atoms with Gasteiger partial charge in [-0.15, -0.1) is 0 Å². The number of nitrogens with zero attached hydrogens (tertiary/aromatic N) is 6. The number of hydrogen-bond acceptors (Lipinski definition) is 6. The lowest BCUT2D eigenvalue weighted by Gasteiger charge is -2.33. The summed E-state index contributed by atoms with van der Waals surface area (Å²) in [5, 5.41) is 7.98. The van der Waals surface area contributed by atoms with Gasteiger partial charge < -0.3 is 10.2 Å². The molecule has 1 saturated heterocycles. The van der Waals surface area contributed by atoms with Gasteiger partial charge in [0.15, 0.2) is 5.65 Å². The topological polar surface area (TPSA) is 79.8 Å². The Morgan fingerprint density at radius 2 is 1.93 bits per heavy atom. The molecule has 0 aromatic carbocycles. The number of fused-ring (bicyclic) bond motifs is 2. The van der Waals surface area contributed by atoms with Crippen molar-refractivity contribution < 1.29 is 0 Å². The van der Waals surface area contributed by atoms with Gasteiger partial charge in [-0.1, -0.05) is 0 Å². The summed E-state index contributed by atoms with van der Waals surface area (Å²) < 4.78 is 3.31. The lowest BCUT2D eigenvalue weighted by atomic mass is 10.2. The molecule has 1 N–H and O–H groups in total. The van der Waals surface area contributed by atoms with Crippen LogP contribution < -0.4 is 15.8 Å². The summed E-state index contributed by atoms with van der Waals surface area (Å²) in [6, 6.07) is 9.61. The van der Waals surface area contributed by atoms with Crippen LogP contribution in [0.25, 0.3) is 22.7 Å². The number of nitrogens with one attached hydrogen (secondary N) is 1. The van der Waals surface area contributed by atoms with Crippen LogP contribution in [0.4, 0.5) is 5.69 Å². The zero-order valence-electron chi connectivity index (χ0n) is 15.8. The van der Waals surface area contributed by atoms with Crippen LogP contribution in [0, 0.1) is 6.92 Å². The number of imidazole rings is 1. The Labute approximate surface area is 161 Å².